The summed E-state index contributed by atoms with van der Waals surface area (Å²) in [5.74, 6) is 1.54. The van der Waals surface area contributed by atoms with Crippen molar-refractivity contribution < 1.29 is 17.1 Å². The standard InChI is InChI=1S/C21H38N6S2.Cu/c1-6-22-20(28)26-24-17(5)19(25-27-21(29)23-7-2)11-9-8-10-18-13-15(3)12-16(4)14-18;/h16,18H,3,6-14H2,1-2,4-5H3,(H2,22,26,28)(H2,23,27,29);/q;+1/p-1/b24-17+,25-19+;. The monoisotopic (exact) mass is 500 g/mol. The molecule has 0 saturated heterocycles. The second kappa shape index (κ2) is 16.6. The van der Waals surface area contributed by atoms with Crippen molar-refractivity contribution in [3.63, 3.8) is 0 Å². The molecule has 0 bridgehead atoms. The van der Waals surface area contributed by atoms with Gasteiger partial charge in [0.1, 0.15) is 0 Å². The van der Waals surface area contributed by atoms with Gasteiger partial charge >= 0.3 is 17.1 Å². The number of allylic oxidation sites excluding steroid dienone is 1. The predicted molar refractivity (Wildman–Crippen MR) is 133 cm³/mol. The van der Waals surface area contributed by atoms with Crippen molar-refractivity contribution in [1.82, 2.24) is 16.2 Å². The molecule has 1 saturated carbocycles. The van der Waals surface area contributed by atoms with Crippen molar-refractivity contribution in [2.45, 2.75) is 72.6 Å². The van der Waals surface area contributed by atoms with Gasteiger partial charge in [-0.25, -0.2) is 0 Å². The zero-order valence-electron chi connectivity index (χ0n) is 18.7. The van der Waals surface area contributed by atoms with Gasteiger partial charge in [0.05, 0.1) is 11.4 Å². The smallest absolute Gasteiger partial charge is 0.741 e. The van der Waals surface area contributed by atoms with E-state index < -0.39 is 0 Å². The first-order valence-corrected chi connectivity index (χ1v) is 11.5. The summed E-state index contributed by atoms with van der Waals surface area (Å²) in [7, 11) is 0. The minimum atomic E-state index is 0. The number of rotatable bonds is 10. The molecule has 0 aliphatic heterocycles. The van der Waals surface area contributed by atoms with Crippen LogP contribution in [-0.4, -0.2) is 34.8 Å². The van der Waals surface area contributed by atoms with E-state index in [1.54, 1.807) is 0 Å². The molecular formula is C21H37CuN6S2. The molecule has 1 fully saturated rings. The average molecular weight is 501 g/mol. The van der Waals surface area contributed by atoms with Crippen LogP contribution < -0.4 is 16.2 Å². The zero-order chi connectivity index (χ0) is 21.6. The number of nitrogens with one attached hydrogen (secondary N) is 3. The number of aliphatic imine (C=N–C) groups is 1. The van der Waals surface area contributed by atoms with Crippen molar-refractivity contribution in [3.05, 3.63) is 12.2 Å². The van der Waals surface area contributed by atoms with Gasteiger partial charge in [0.15, 0.2) is 5.11 Å². The molecule has 30 heavy (non-hydrogen) atoms. The fourth-order valence-corrected chi connectivity index (χ4v) is 4.04. The zero-order valence-corrected chi connectivity index (χ0v) is 21.3. The summed E-state index contributed by atoms with van der Waals surface area (Å²) in [6.07, 6.45) is 8.00. The van der Waals surface area contributed by atoms with Crippen LogP contribution in [0.1, 0.15) is 72.6 Å². The molecule has 0 aromatic rings. The van der Waals surface area contributed by atoms with Gasteiger partial charge in [0, 0.05) is 13.1 Å². The molecule has 2 unspecified atom stereocenters. The van der Waals surface area contributed by atoms with Crippen LogP contribution in [0, 0.1) is 11.8 Å². The topological polar surface area (TPSA) is 73.2 Å². The maximum Gasteiger partial charge on any atom is 1.00 e. The molecule has 0 radical (unpaired) electrons. The first-order chi connectivity index (χ1) is 13.8. The first kappa shape index (κ1) is 29.0. The van der Waals surface area contributed by atoms with Crippen LogP contribution in [0.4, 0.5) is 0 Å². The molecule has 1 rings (SSSR count). The predicted octanol–water partition coefficient (Wildman–Crippen LogP) is 4.27. The van der Waals surface area contributed by atoms with Crippen molar-refractivity contribution in [2.75, 3.05) is 13.1 Å². The maximum atomic E-state index is 5.17. The first-order valence-electron chi connectivity index (χ1n) is 10.6. The summed E-state index contributed by atoms with van der Waals surface area (Å²) < 4.78 is 0. The SMILES string of the molecule is C=C1CC(C)CC(CCCCC(=N\NC([S-])=NCC)/C(C)=N/NC(=S)NCC)C1.[Cu+]. The van der Waals surface area contributed by atoms with Crippen LogP contribution >= 0.6 is 12.2 Å². The second-order valence-corrected chi connectivity index (χ2v) is 8.52. The molecule has 1 aliphatic carbocycles. The summed E-state index contributed by atoms with van der Waals surface area (Å²) >= 11 is 10.3. The Morgan fingerprint density at radius 3 is 2.57 bits per heavy atom. The normalized spacial score (nSPS) is 20.4. The van der Waals surface area contributed by atoms with Gasteiger partial charge in [-0.3, -0.25) is 15.8 Å². The fraction of sp³-hybridized carbons (Fsp3) is 0.714. The molecule has 174 valence electrons. The van der Waals surface area contributed by atoms with Gasteiger partial charge in [0.2, 0.25) is 0 Å². The number of hydrogen-bond acceptors (Lipinski definition) is 5. The number of hydrazone groups is 2. The van der Waals surface area contributed by atoms with Crippen molar-refractivity contribution >= 4 is 46.6 Å². The van der Waals surface area contributed by atoms with Gasteiger partial charge < -0.3 is 17.9 Å². The van der Waals surface area contributed by atoms with Crippen LogP contribution in [0.2, 0.25) is 0 Å². The van der Waals surface area contributed by atoms with E-state index in [0.717, 1.165) is 42.6 Å². The molecular weight excluding hydrogens is 464 g/mol. The molecule has 0 amide bonds. The molecule has 6 nitrogen and oxygen atoms in total. The Labute approximate surface area is 204 Å². The quantitative estimate of drug-likeness (QED) is 0.0610. The Morgan fingerprint density at radius 1 is 1.20 bits per heavy atom. The van der Waals surface area contributed by atoms with Gasteiger partial charge in [-0.05, 0) is 82.1 Å². The van der Waals surface area contributed by atoms with E-state index >= 15 is 0 Å². The summed E-state index contributed by atoms with van der Waals surface area (Å²) in [6.45, 7) is 13.8. The van der Waals surface area contributed by atoms with Gasteiger partial charge in [-0.15, -0.1) is 0 Å². The summed E-state index contributed by atoms with van der Waals surface area (Å²) in [4.78, 5) is 4.14. The number of hydrogen-bond donors (Lipinski definition) is 3. The van der Waals surface area contributed by atoms with E-state index in [1.807, 2.05) is 20.8 Å². The van der Waals surface area contributed by atoms with Crippen LogP contribution in [0.3, 0.4) is 0 Å². The Morgan fingerprint density at radius 2 is 1.93 bits per heavy atom. The third kappa shape index (κ3) is 12.6. The average Bonchev–Trinajstić information content (AvgIpc) is 2.65. The van der Waals surface area contributed by atoms with Gasteiger partial charge in [-0.2, -0.15) is 10.2 Å². The van der Waals surface area contributed by atoms with Crippen LogP contribution in [0.5, 0.6) is 0 Å². The van der Waals surface area contributed by atoms with Crippen LogP contribution in [-0.2, 0) is 29.7 Å². The molecule has 0 spiro atoms. The van der Waals surface area contributed by atoms with Crippen LogP contribution in [0.15, 0.2) is 27.3 Å². The molecule has 0 aromatic heterocycles. The van der Waals surface area contributed by atoms with E-state index in [2.05, 4.69) is 44.9 Å². The van der Waals surface area contributed by atoms with Crippen molar-refractivity contribution in [3.8, 4) is 0 Å². The Bertz CT molecular complexity index is 633. The minimum absolute atomic E-state index is 0. The summed E-state index contributed by atoms with van der Waals surface area (Å²) in [5, 5.41) is 12.7. The molecule has 3 N–H and O–H groups in total. The molecule has 2 atom stereocenters. The fourth-order valence-electron chi connectivity index (χ4n) is 3.68. The minimum Gasteiger partial charge on any atom is -0.741 e. The number of amidine groups is 1. The van der Waals surface area contributed by atoms with E-state index in [1.165, 1.54) is 37.7 Å². The number of unbranched alkanes of at least 4 members (excludes halogenated alkanes) is 1. The maximum absolute atomic E-state index is 5.17. The van der Waals surface area contributed by atoms with Crippen LogP contribution in [0.25, 0.3) is 0 Å². The van der Waals surface area contributed by atoms with Crippen molar-refractivity contribution in [2.24, 2.45) is 27.0 Å². The summed E-state index contributed by atoms with van der Waals surface area (Å²) in [6, 6.07) is 0. The van der Waals surface area contributed by atoms with E-state index in [4.69, 9.17) is 24.8 Å². The Hall–Kier alpha value is -1.02. The molecule has 0 heterocycles. The molecule has 0 aromatic carbocycles. The van der Waals surface area contributed by atoms with E-state index in [9.17, 15) is 0 Å². The Balaban J connectivity index is 0.00000841. The van der Waals surface area contributed by atoms with Gasteiger partial charge in [0.25, 0.3) is 0 Å². The third-order valence-electron chi connectivity index (χ3n) is 4.89. The number of nitrogens with zero attached hydrogens (tertiary/aromatic N) is 3. The largest absolute Gasteiger partial charge is 1.00 e. The van der Waals surface area contributed by atoms with E-state index in [-0.39, 0.29) is 17.1 Å². The molecule has 9 heteroatoms. The Kier molecular flexibility index (Phi) is 16.1. The van der Waals surface area contributed by atoms with Crippen molar-refractivity contribution in [1.29, 1.82) is 0 Å². The third-order valence-corrected chi connectivity index (χ3v) is 5.35. The molecule has 1 aliphatic rings. The van der Waals surface area contributed by atoms with E-state index in [0.29, 0.717) is 16.8 Å². The van der Waals surface area contributed by atoms with Gasteiger partial charge in [-0.1, -0.05) is 31.9 Å². The second-order valence-electron chi connectivity index (χ2n) is 7.73. The number of thiocarbonyl (C=S) groups is 1. The summed E-state index contributed by atoms with van der Waals surface area (Å²) in [5.41, 5.74) is 8.80.